The molecule has 1 fully saturated rings. The second-order valence-electron chi connectivity index (χ2n) is 4.90. The molecule has 1 aromatic rings. The zero-order chi connectivity index (χ0) is 14.0. The highest BCUT2D eigenvalue weighted by Gasteiger charge is 2.28. The average molecular weight is 284 g/mol. The number of nitrogens with zero attached hydrogens (tertiary/aromatic N) is 2. The standard InChI is InChI=1S/C13H18ClN3O2/c1-8-7-17(4-3-10(8)18)13(19)9-5-11(14)16-12(6-9)15-2/h5-6,8,10,18H,3-4,7H2,1-2H3,(H,15,16). The molecule has 1 saturated heterocycles. The van der Waals surface area contributed by atoms with Crippen molar-refractivity contribution in [2.45, 2.75) is 19.4 Å². The molecule has 1 amide bonds. The molecular formula is C13H18ClN3O2. The van der Waals surface area contributed by atoms with E-state index in [0.717, 1.165) is 0 Å². The number of aromatic nitrogens is 1. The molecule has 0 aromatic carbocycles. The molecule has 5 nitrogen and oxygen atoms in total. The summed E-state index contributed by atoms with van der Waals surface area (Å²) in [6.45, 7) is 3.08. The number of halogens is 1. The van der Waals surface area contributed by atoms with E-state index in [1.807, 2.05) is 6.92 Å². The van der Waals surface area contributed by atoms with Crippen LogP contribution in [0.3, 0.4) is 0 Å². The molecule has 0 spiro atoms. The number of hydrogen-bond donors (Lipinski definition) is 2. The Morgan fingerprint density at radius 1 is 1.58 bits per heavy atom. The predicted molar refractivity (Wildman–Crippen MR) is 74.5 cm³/mol. The summed E-state index contributed by atoms with van der Waals surface area (Å²) in [6.07, 6.45) is 0.294. The van der Waals surface area contributed by atoms with Gasteiger partial charge in [-0.3, -0.25) is 4.79 Å². The number of carbonyl (C=O) groups excluding carboxylic acids is 1. The van der Waals surface area contributed by atoms with Gasteiger partial charge in [-0.25, -0.2) is 4.98 Å². The van der Waals surface area contributed by atoms with Crippen LogP contribution in [0.15, 0.2) is 12.1 Å². The van der Waals surface area contributed by atoms with Crippen LogP contribution in [0.4, 0.5) is 5.82 Å². The van der Waals surface area contributed by atoms with E-state index in [0.29, 0.717) is 36.0 Å². The quantitative estimate of drug-likeness (QED) is 0.810. The van der Waals surface area contributed by atoms with E-state index in [1.54, 1.807) is 24.1 Å². The highest BCUT2D eigenvalue weighted by Crippen LogP contribution is 2.21. The number of hydrogen-bond acceptors (Lipinski definition) is 4. The molecule has 1 aliphatic rings. The third-order valence-corrected chi connectivity index (χ3v) is 3.64. The summed E-state index contributed by atoms with van der Waals surface area (Å²) in [6, 6.07) is 3.25. The summed E-state index contributed by atoms with van der Waals surface area (Å²) in [5, 5.41) is 12.9. The molecular weight excluding hydrogens is 266 g/mol. The SMILES string of the molecule is CNc1cc(C(=O)N2CCC(O)C(C)C2)cc(Cl)n1. The molecule has 2 heterocycles. The van der Waals surface area contributed by atoms with Crippen LogP contribution in [0.5, 0.6) is 0 Å². The first-order valence-electron chi connectivity index (χ1n) is 6.34. The minimum absolute atomic E-state index is 0.0699. The van der Waals surface area contributed by atoms with E-state index in [9.17, 15) is 9.90 Å². The minimum atomic E-state index is -0.321. The van der Waals surface area contributed by atoms with E-state index < -0.39 is 0 Å². The highest BCUT2D eigenvalue weighted by molar-refractivity contribution is 6.29. The first kappa shape index (κ1) is 14.1. The summed E-state index contributed by atoms with van der Waals surface area (Å²) < 4.78 is 0. The van der Waals surface area contributed by atoms with E-state index in [2.05, 4.69) is 10.3 Å². The maximum atomic E-state index is 12.4. The van der Waals surface area contributed by atoms with Crippen molar-refractivity contribution < 1.29 is 9.90 Å². The summed E-state index contributed by atoms with van der Waals surface area (Å²) >= 11 is 5.90. The van der Waals surface area contributed by atoms with Crippen LogP contribution in [-0.2, 0) is 0 Å². The molecule has 0 saturated carbocycles. The van der Waals surface area contributed by atoms with Crippen molar-refractivity contribution in [2.24, 2.45) is 5.92 Å². The Balaban J connectivity index is 2.17. The Morgan fingerprint density at radius 2 is 2.32 bits per heavy atom. The maximum absolute atomic E-state index is 12.4. The van der Waals surface area contributed by atoms with E-state index in [-0.39, 0.29) is 17.9 Å². The van der Waals surface area contributed by atoms with Crippen LogP contribution in [-0.4, -0.2) is 47.1 Å². The monoisotopic (exact) mass is 283 g/mol. The molecule has 0 aliphatic carbocycles. The molecule has 2 atom stereocenters. The van der Waals surface area contributed by atoms with E-state index in [4.69, 9.17) is 11.6 Å². The van der Waals surface area contributed by atoms with E-state index >= 15 is 0 Å². The normalized spacial score (nSPS) is 23.3. The Labute approximate surface area is 117 Å². The number of piperidine rings is 1. The lowest BCUT2D eigenvalue weighted by Crippen LogP contribution is -2.45. The fraction of sp³-hybridized carbons (Fsp3) is 0.538. The molecule has 104 valence electrons. The molecule has 6 heteroatoms. The van der Waals surface area contributed by atoms with Crippen LogP contribution in [0, 0.1) is 5.92 Å². The maximum Gasteiger partial charge on any atom is 0.254 e. The lowest BCUT2D eigenvalue weighted by atomic mass is 9.96. The summed E-state index contributed by atoms with van der Waals surface area (Å²) in [4.78, 5) is 18.2. The zero-order valence-electron chi connectivity index (χ0n) is 11.1. The number of pyridine rings is 1. The van der Waals surface area contributed by atoms with Gasteiger partial charge in [0.2, 0.25) is 0 Å². The van der Waals surface area contributed by atoms with Gasteiger partial charge in [0.05, 0.1) is 6.10 Å². The number of carbonyl (C=O) groups is 1. The molecule has 2 N–H and O–H groups in total. The number of aliphatic hydroxyl groups is 1. The van der Waals surface area contributed by atoms with Gasteiger partial charge in [0, 0.05) is 25.7 Å². The second kappa shape index (κ2) is 5.75. The third-order valence-electron chi connectivity index (χ3n) is 3.44. The molecule has 1 aliphatic heterocycles. The Morgan fingerprint density at radius 3 is 2.95 bits per heavy atom. The Kier molecular flexibility index (Phi) is 4.27. The van der Waals surface area contributed by atoms with Crippen LogP contribution < -0.4 is 5.32 Å². The first-order chi connectivity index (χ1) is 9.01. The van der Waals surface area contributed by atoms with Crippen LogP contribution >= 0.6 is 11.6 Å². The van der Waals surface area contributed by atoms with Gasteiger partial charge in [0.1, 0.15) is 11.0 Å². The van der Waals surface area contributed by atoms with Crippen LogP contribution in [0.25, 0.3) is 0 Å². The first-order valence-corrected chi connectivity index (χ1v) is 6.71. The van der Waals surface area contributed by atoms with Gasteiger partial charge in [-0.05, 0) is 24.5 Å². The summed E-state index contributed by atoms with van der Waals surface area (Å²) in [5.41, 5.74) is 0.521. The van der Waals surface area contributed by atoms with Crippen molar-refractivity contribution in [3.8, 4) is 0 Å². The number of nitrogens with one attached hydrogen (secondary N) is 1. The van der Waals surface area contributed by atoms with Gasteiger partial charge in [-0.1, -0.05) is 18.5 Å². The van der Waals surface area contributed by atoms with Gasteiger partial charge >= 0.3 is 0 Å². The van der Waals surface area contributed by atoms with Crippen molar-refractivity contribution >= 4 is 23.3 Å². The lowest BCUT2D eigenvalue weighted by Gasteiger charge is -2.34. The van der Waals surface area contributed by atoms with Crippen LogP contribution in [0.1, 0.15) is 23.7 Å². The molecule has 0 radical (unpaired) electrons. The van der Waals surface area contributed by atoms with E-state index in [1.165, 1.54) is 0 Å². The Bertz CT molecular complexity index is 481. The fourth-order valence-corrected chi connectivity index (χ4v) is 2.46. The third kappa shape index (κ3) is 3.16. The van der Waals surface area contributed by atoms with Gasteiger partial charge in [-0.2, -0.15) is 0 Å². The second-order valence-corrected chi connectivity index (χ2v) is 5.29. The van der Waals surface area contributed by atoms with Crippen molar-refractivity contribution in [3.05, 3.63) is 22.8 Å². The Hall–Kier alpha value is -1.33. The van der Waals surface area contributed by atoms with Gasteiger partial charge in [0.25, 0.3) is 5.91 Å². The molecule has 19 heavy (non-hydrogen) atoms. The zero-order valence-corrected chi connectivity index (χ0v) is 11.8. The van der Waals surface area contributed by atoms with Crippen molar-refractivity contribution in [1.29, 1.82) is 0 Å². The molecule has 1 aromatic heterocycles. The predicted octanol–water partition coefficient (Wildman–Crippen LogP) is 1.62. The molecule has 2 rings (SSSR count). The number of aliphatic hydroxyl groups excluding tert-OH is 1. The van der Waals surface area contributed by atoms with Gasteiger partial charge in [-0.15, -0.1) is 0 Å². The van der Waals surface area contributed by atoms with Crippen molar-refractivity contribution in [2.75, 3.05) is 25.5 Å². The summed E-state index contributed by atoms with van der Waals surface area (Å²) in [7, 11) is 1.73. The summed E-state index contributed by atoms with van der Waals surface area (Å²) in [5.74, 6) is 0.597. The largest absolute Gasteiger partial charge is 0.393 e. The van der Waals surface area contributed by atoms with Crippen molar-refractivity contribution in [1.82, 2.24) is 9.88 Å². The van der Waals surface area contributed by atoms with Crippen LogP contribution in [0.2, 0.25) is 5.15 Å². The van der Waals surface area contributed by atoms with Gasteiger partial charge in [0.15, 0.2) is 0 Å². The smallest absolute Gasteiger partial charge is 0.254 e. The highest BCUT2D eigenvalue weighted by atomic mass is 35.5. The average Bonchev–Trinajstić information content (AvgIpc) is 2.40. The fourth-order valence-electron chi connectivity index (χ4n) is 2.25. The minimum Gasteiger partial charge on any atom is -0.393 e. The molecule has 0 bridgehead atoms. The number of anilines is 1. The number of amides is 1. The topological polar surface area (TPSA) is 65.5 Å². The molecule has 2 unspecified atom stereocenters. The van der Waals surface area contributed by atoms with Gasteiger partial charge < -0.3 is 15.3 Å². The van der Waals surface area contributed by atoms with Crippen molar-refractivity contribution in [3.63, 3.8) is 0 Å². The number of likely N-dealkylation sites (tertiary alicyclic amines) is 1. The number of rotatable bonds is 2. The lowest BCUT2D eigenvalue weighted by molar-refractivity contribution is 0.0297.